The number of carbonyl (C=O) groups is 2. The van der Waals surface area contributed by atoms with Crippen molar-refractivity contribution >= 4 is 11.8 Å². The third-order valence-corrected chi connectivity index (χ3v) is 10.3. The summed E-state index contributed by atoms with van der Waals surface area (Å²) in [4.78, 5) is 27.6. The van der Waals surface area contributed by atoms with E-state index in [2.05, 4.69) is 19.2 Å². The highest BCUT2D eigenvalue weighted by Crippen LogP contribution is 2.26. The number of amides is 2. The Balaban J connectivity index is 2.54. The first-order valence-electron chi connectivity index (χ1n) is 20.8. The highest BCUT2D eigenvalue weighted by Gasteiger charge is 2.48. The lowest BCUT2D eigenvalue weighted by atomic mass is 9.94. The smallest absolute Gasteiger partial charge is 0.234 e. The van der Waals surface area contributed by atoms with Gasteiger partial charge in [0.1, 0.15) is 24.4 Å². The fourth-order valence-electron chi connectivity index (χ4n) is 7.07. The van der Waals surface area contributed by atoms with Crippen LogP contribution in [0.25, 0.3) is 0 Å². The second kappa shape index (κ2) is 31.5. The van der Waals surface area contributed by atoms with Crippen LogP contribution >= 0.6 is 0 Å². The molecule has 1 saturated heterocycles. The van der Waals surface area contributed by atoms with Gasteiger partial charge in [-0.2, -0.15) is 0 Å². The first-order valence-corrected chi connectivity index (χ1v) is 20.8. The fourth-order valence-corrected chi connectivity index (χ4v) is 7.07. The number of carbonyl (C=O) groups excluding carboxylic acids is 2. The van der Waals surface area contributed by atoms with Crippen molar-refractivity contribution < 1.29 is 29.6 Å². The van der Waals surface area contributed by atoms with E-state index >= 15 is 0 Å². The van der Waals surface area contributed by atoms with Crippen molar-refractivity contribution in [1.29, 1.82) is 0 Å². The number of nitrogens with zero attached hydrogens (tertiary/aromatic N) is 1. The molecule has 0 aliphatic carbocycles. The number of rotatable bonds is 33. The third-order valence-electron chi connectivity index (χ3n) is 10.3. The molecule has 9 heteroatoms. The van der Waals surface area contributed by atoms with Crippen LogP contribution in [0.15, 0.2) is 0 Å². The predicted molar refractivity (Wildman–Crippen MR) is 201 cm³/mol. The van der Waals surface area contributed by atoms with Crippen LogP contribution in [-0.4, -0.2) is 82.3 Å². The van der Waals surface area contributed by atoms with Gasteiger partial charge in [-0.3, -0.25) is 9.59 Å². The first kappa shape index (κ1) is 45.8. The Hall–Kier alpha value is -1.26. The maximum atomic E-state index is 13.7. The molecule has 1 aliphatic rings. The molecule has 0 saturated carbocycles. The molecular weight excluding hydrogens is 618 g/mol. The summed E-state index contributed by atoms with van der Waals surface area (Å²) in [6.45, 7) is 4.14. The number of nitrogens with two attached hydrogens (primary N) is 1. The zero-order valence-corrected chi connectivity index (χ0v) is 31.9. The number of nitrogens with one attached hydrogen (secondary N) is 1. The van der Waals surface area contributed by atoms with E-state index in [-0.39, 0.29) is 12.5 Å². The molecule has 0 aromatic heterocycles. The monoisotopic (exact) mass is 698 g/mol. The van der Waals surface area contributed by atoms with Crippen molar-refractivity contribution in [1.82, 2.24) is 10.2 Å². The van der Waals surface area contributed by atoms with Crippen molar-refractivity contribution in [2.75, 3.05) is 19.7 Å². The fraction of sp³-hybridized carbons (Fsp3) is 0.950. The van der Waals surface area contributed by atoms with Crippen molar-refractivity contribution in [3.63, 3.8) is 0 Å². The summed E-state index contributed by atoms with van der Waals surface area (Å²) in [5.74, 6) is -0.596. The lowest BCUT2D eigenvalue weighted by molar-refractivity contribution is -0.231. The number of hydrogen-bond acceptors (Lipinski definition) is 7. The average Bonchev–Trinajstić information content (AvgIpc) is 3.10. The van der Waals surface area contributed by atoms with Gasteiger partial charge in [-0.15, -0.1) is 0 Å². The van der Waals surface area contributed by atoms with Gasteiger partial charge >= 0.3 is 0 Å². The Bertz CT molecular complexity index is 787. The molecule has 1 fully saturated rings. The molecule has 6 N–H and O–H groups in total. The van der Waals surface area contributed by atoms with Crippen LogP contribution in [0, 0.1) is 0 Å². The van der Waals surface area contributed by atoms with Crippen molar-refractivity contribution in [2.24, 2.45) is 5.73 Å². The summed E-state index contributed by atoms with van der Waals surface area (Å²) >= 11 is 0. The van der Waals surface area contributed by atoms with E-state index in [1.54, 1.807) is 4.90 Å². The minimum atomic E-state index is -1.41. The van der Waals surface area contributed by atoms with Crippen LogP contribution < -0.4 is 11.1 Å². The van der Waals surface area contributed by atoms with Gasteiger partial charge in [-0.1, -0.05) is 174 Å². The van der Waals surface area contributed by atoms with E-state index in [9.17, 15) is 24.9 Å². The van der Waals surface area contributed by atoms with E-state index in [1.165, 1.54) is 135 Å². The zero-order chi connectivity index (χ0) is 36.0. The maximum absolute atomic E-state index is 13.7. The highest BCUT2D eigenvalue weighted by atomic mass is 16.5. The van der Waals surface area contributed by atoms with E-state index in [0.29, 0.717) is 13.0 Å². The van der Waals surface area contributed by atoms with E-state index in [1.807, 2.05) is 0 Å². The Morgan fingerprint density at radius 3 is 1.39 bits per heavy atom. The molecule has 0 unspecified atom stereocenters. The molecule has 1 rings (SSSR count). The molecule has 1 heterocycles. The first-order chi connectivity index (χ1) is 23.9. The van der Waals surface area contributed by atoms with E-state index in [4.69, 9.17) is 10.5 Å². The van der Waals surface area contributed by atoms with Crippen molar-refractivity contribution in [2.45, 2.75) is 224 Å². The summed E-state index contributed by atoms with van der Waals surface area (Å²) in [7, 11) is 0. The molecule has 2 amide bonds. The quantitative estimate of drug-likeness (QED) is 0.0443. The van der Waals surface area contributed by atoms with Crippen LogP contribution in [0.1, 0.15) is 194 Å². The molecule has 0 radical (unpaired) electrons. The normalized spacial score (nSPS) is 20.8. The lowest BCUT2D eigenvalue weighted by Crippen LogP contribution is -2.69. The van der Waals surface area contributed by atoms with Gasteiger partial charge in [0.05, 0.1) is 13.2 Å². The molecule has 9 nitrogen and oxygen atoms in total. The molecule has 290 valence electrons. The largest absolute Gasteiger partial charge is 0.394 e. The van der Waals surface area contributed by atoms with Gasteiger partial charge in [0.25, 0.3) is 0 Å². The van der Waals surface area contributed by atoms with Gasteiger partial charge in [-0.05, 0) is 12.8 Å². The van der Waals surface area contributed by atoms with Gasteiger partial charge in [0, 0.05) is 13.0 Å². The van der Waals surface area contributed by atoms with Crippen LogP contribution in [0.3, 0.4) is 0 Å². The highest BCUT2D eigenvalue weighted by molar-refractivity contribution is 5.79. The summed E-state index contributed by atoms with van der Waals surface area (Å²) in [5, 5.41) is 34.0. The Morgan fingerprint density at radius 1 is 0.612 bits per heavy atom. The second-order valence-corrected chi connectivity index (χ2v) is 14.7. The molecule has 49 heavy (non-hydrogen) atoms. The molecule has 0 spiro atoms. The Labute approximate surface area is 300 Å². The van der Waals surface area contributed by atoms with E-state index in [0.717, 1.165) is 38.5 Å². The number of ether oxygens (including phenoxy) is 1. The number of hydrogen-bond donors (Lipinski definition) is 5. The van der Waals surface area contributed by atoms with Crippen molar-refractivity contribution in [3.05, 3.63) is 0 Å². The molecule has 5 atom stereocenters. The summed E-state index contributed by atoms with van der Waals surface area (Å²) in [5.41, 5.74) is 5.54. The third kappa shape index (κ3) is 21.6. The number of aliphatic hydroxyl groups excluding tert-OH is 3. The van der Waals surface area contributed by atoms with Gasteiger partial charge in [0.15, 0.2) is 6.23 Å². The van der Waals surface area contributed by atoms with Gasteiger partial charge in [0.2, 0.25) is 11.8 Å². The minimum Gasteiger partial charge on any atom is -0.394 e. The standard InChI is InChI=1S/C40H79N3O6/c1-3-5-7-9-11-13-15-16-17-18-19-21-23-25-27-29-31-43(36(46)30-28-26-24-22-20-14-12-10-8-6-4-2)40-37(42-35(45)32-41)39(48)38(47)34(33-44)49-40/h34,37-40,44,47-48H,3-33,41H2,1-2H3,(H,42,45)/t34-,37-,38-,39-,40-/m1/s1. The Kier molecular flexibility index (Phi) is 29.4. The predicted octanol–water partition coefficient (Wildman–Crippen LogP) is 7.66. The lowest BCUT2D eigenvalue weighted by Gasteiger charge is -2.46. The average molecular weight is 698 g/mol. The summed E-state index contributed by atoms with van der Waals surface area (Å²) < 4.78 is 6.04. The second-order valence-electron chi connectivity index (χ2n) is 14.7. The van der Waals surface area contributed by atoms with Crippen LogP contribution in [-0.2, 0) is 14.3 Å². The zero-order valence-electron chi connectivity index (χ0n) is 31.9. The summed E-state index contributed by atoms with van der Waals surface area (Å²) in [6.07, 6.45) is 28.8. The molecule has 1 aliphatic heterocycles. The minimum absolute atomic E-state index is 0.0887. The van der Waals surface area contributed by atoms with Crippen LogP contribution in [0.5, 0.6) is 0 Å². The van der Waals surface area contributed by atoms with Gasteiger partial charge in [-0.25, -0.2) is 0 Å². The summed E-state index contributed by atoms with van der Waals surface area (Å²) in [6, 6.07) is -1.05. The van der Waals surface area contributed by atoms with Crippen LogP contribution in [0.4, 0.5) is 0 Å². The Morgan fingerprint density at radius 2 is 1.00 bits per heavy atom. The van der Waals surface area contributed by atoms with E-state index < -0.39 is 43.1 Å². The molecule has 0 bridgehead atoms. The topological polar surface area (TPSA) is 145 Å². The maximum Gasteiger partial charge on any atom is 0.234 e. The number of unbranched alkanes of at least 4 members (excludes halogenated alkanes) is 25. The number of aliphatic hydroxyl groups is 3. The van der Waals surface area contributed by atoms with Crippen LogP contribution in [0.2, 0.25) is 0 Å². The molecule has 0 aromatic carbocycles. The van der Waals surface area contributed by atoms with Gasteiger partial charge < -0.3 is 36.0 Å². The molecule has 0 aromatic rings. The SMILES string of the molecule is CCCCCCCCCCCCCCCCCCN(C(=O)CCCCCCCCCCCCC)[C@@H]1O[C@H](CO)[C@@H](O)[C@H](O)[C@H]1NC(=O)CN. The van der Waals surface area contributed by atoms with Crippen molar-refractivity contribution in [3.8, 4) is 0 Å². The molecular formula is C40H79N3O6.